The van der Waals surface area contributed by atoms with E-state index in [-0.39, 0.29) is 17.6 Å². The number of hydrogen-bond donors (Lipinski definition) is 1. The van der Waals surface area contributed by atoms with Crippen LogP contribution in [0.25, 0.3) is 0 Å². The van der Waals surface area contributed by atoms with E-state index in [2.05, 4.69) is 5.32 Å². The minimum atomic E-state index is -0.488. The van der Waals surface area contributed by atoms with E-state index in [9.17, 15) is 9.18 Å². The molecule has 1 aromatic carbocycles. The first-order valence-corrected chi connectivity index (χ1v) is 5.81. The summed E-state index contributed by atoms with van der Waals surface area (Å²) in [6.07, 6.45) is 2.56. The number of Topliss-reactive ketones (excluding diaryl/α,β-unsaturated/α-hetero) is 1. The minimum absolute atomic E-state index is 0.0223. The first-order valence-electron chi connectivity index (χ1n) is 5.81. The highest BCUT2D eigenvalue weighted by Gasteiger charge is 2.19. The van der Waals surface area contributed by atoms with E-state index >= 15 is 0 Å². The van der Waals surface area contributed by atoms with Gasteiger partial charge in [0.25, 0.3) is 0 Å². The zero-order chi connectivity index (χ0) is 12.3. The predicted molar refractivity (Wildman–Crippen MR) is 62.9 cm³/mol. The molecule has 1 aliphatic rings. The lowest BCUT2D eigenvalue weighted by Gasteiger charge is -2.09. The van der Waals surface area contributed by atoms with Gasteiger partial charge in [-0.15, -0.1) is 0 Å². The molecule has 0 amide bonds. The third kappa shape index (κ3) is 2.82. The van der Waals surface area contributed by atoms with E-state index in [1.165, 1.54) is 19.2 Å². The Morgan fingerprint density at radius 2 is 2.41 bits per heavy atom. The molecule has 1 atom stereocenters. The van der Waals surface area contributed by atoms with E-state index in [1.54, 1.807) is 6.07 Å². The number of carbonyl (C=O) groups excluding carboxylic acids is 1. The molecule has 4 heteroatoms. The second-order valence-electron chi connectivity index (χ2n) is 4.27. The van der Waals surface area contributed by atoms with Crippen molar-refractivity contribution in [1.82, 2.24) is 5.32 Å². The molecule has 0 aromatic heterocycles. The Hall–Kier alpha value is -1.42. The summed E-state index contributed by atoms with van der Waals surface area (Å²) < 4.78 is 18.2. The van der Waals surface area contributed by atoms with Crippen LogP contribution in [0.15, 0.2) is 18.2 Å². The molecular formula is C13H16FNO2. The number of carbonyl (C=O) groups is 1. The highest BCUT2D eigenvalue weighted by Crippen LogP contribution is 2.20. The molecule has 1 aromatic rings. The second-order valence-corrected chi connectivity index (χ2v) is 4.27. The van der Waals surface area contributed by atoms with Crippen LogP contribution < -0.4 is 10.1 Å². The van der Waals surface area contributed by atoms with Gasteiger partial charge in [-0.2, -0.15) is 0 Å². The smallest absolute Gasteiger partial charge is 0.165 e. The molecule has 1 N–H and O–H groups in total. The fraction of sp³-hybridized carbons (Fsp3) is 0.462. The molecular weight excluding hydrogens is 221 g/mol. The summed E-state index contributed by atoms with van der Waals surface area (Å²) in [6, 6.07) is 4.59. The van der Waals surface area contributed by atoms with Crippen molar-refractivity contribution in [2.75, 3.05) is 13.7 Å². The number of ketones is 1. The summed E-state index contributed by atoms with van der Waals surface area (Å²) in [5.74, 6) is -0.343. The average Bonchev–Trinajstić information content (AvgIpc) is 2.81. The van der Waals surface area contributed by atoms with Gasteiger partial charge in [0.2, 0.25) is 0 Å². The average molecular weight is 237 g/mol. The highest BCUT2D eigenvalue weighted by molar-refractivity contribution is 5.96. The molecule has 92 valence electrons. The van der Waals surface area contributed by atoms with Crippen LogP contribution in [-0.4, -0.2) is 25.5 Å². The van der Waals surface area contributed by atoms with Crippen LogP contribution in [0.3, 0.4) is 0 Å². The van der Waals surface area contributed by atoms with Gasteiger partial charge < -0.3 is 10.1 Å². The van der Waals surface area contributed by atoms with Crippen molar-refractivity contribution < 1.29 is 13.9 Å². The molecule has 2 rings (SSSR count). The molecule has 17 heavy (non-hydrogen) atoms. The first kappa shape index (κ1) is 12.0. The number of hydrogen-bond acceptors (Lipinski definition) is 3. The molecule has 0 saturated carbocycles. The van der Waals surface area contributed by atoms with Gasteiger partial charge in [0.1, 0.15) is 0 Å². The Balaban J connectivity index is 2.05. The Morgan fingerprint density at radius 3 is 3.00 bits per heavy atom. The number of ether oxygens (including phenoxy) is 1. The maximum Gasteiger partial charge on any atom is 0.165 e. The predicted octanol–water partition coefficient (Wildman–Crippen LogP) is 2.16. The summed E-state index contributed by atoms with van der Waals surface area (Å²) >= 11 is 0. The third-order valence-corrected chi connectivity index (χ3v) is 3.07. The van der Waals surface area contributed by atoms with Crippen molar-refractivity contribution in [3.8, 4) is 5.75 Å². The van der Waals surface area contributed by atoms with E-state index in [4.69, 9.17) is 4.74 Å². The topological polar surface area (TPSA) is 38.3 Å². The lowest BCUT2D eigenvalue weighted by molar-refractivity contribution is 0.0971. The maximum atomic E-state index is 13.4. The van der Waals surface area contributed by atoms with E-state index in [1.807, 2.05) is 0 Å². The van der Waals surface area contributed by atoms with Gasteiger partial charge in [-0.3, -0.25) is 4.79 Å². The van der Waals surface area contributed by atoms with Gasteiger partial charge in [0.05, 0.1) is 7.11 Å². The Morgan fingerprint density at radius 1 is 1.59 bits per heavy atom. The summed E-state index contributed by atoms with van der Waals surface area (Å²) in [4.78, 5) is 11.9. The van der Waals surface area contributed by atoms with Crippen molar-refractivity contribution in [2.45, 2.75) is 25.3 Å². The first-order chi connectivity index (χ1) is 8.20. The molecule has 0 radical (unpaired) electrons. The van der Waals surface area contributed by atoms with Crippen molar-refractivity contribution >= 4 is 5.78 Å². The van der Waals surface area contributed by atoms with Crippen LogP contribution >= 0.6 is 0 Å². The van der Waals surface area contributed by atoms with E-state index < -0.39 is 5.82 Å². The maximum absolute atomic E-state index is 13.4. The van der Waals surface area contributed by atoms with Gasteiger partial charge in [-0.25, -0.2) is 4.39 Å². The highest BCUT2D eigenvalue weighted by atomic mass is 19.1. The zero-order valence-electron chi connectivity index (χ0n) is 9.83. The van der Waals surface area contributed by atoms with Crippen LogP contribution in [0.5, 0.6) is 5.75 Å². The minimum Gasteiger partial charge on any atom is -0.494 e. The van der Waals surface area contributed by atoms with Crippen molar-refractivity contribution in [1.29, 1.82) is 0 Å². The number of halogens is 1. The molecule has 3 nitrogen and oxygen atoms in total. The van der Waals surface area contributed by atoms with Gasteiger partial charge in [-0.05, 0) is 37.6 Å². The van der Waals surface area contributed by atoms with E-state index in [0.29, 0.717) is 12.0 Å². The largest absolute Gasteiger partial charge is 0.494 e. The number of methoxy groups -OCH3 is 1. The van der Waals surface area contributed by atoms with Crippen LogP contribution in [-0.2, 0) is 0 Å². The van der Waals surface area contributed by atoms with Gasteiger partial charge >= 0.3 is 0 Å². The molecule has 1 aliphatic heterocycles. The van der Waals surface area contributed by atoms with Crippen molar-refractivity contribution in [2.24, 2.45) is 0 Å². The Kier molecular flexibility index (Phi) is 3.74. The summed E-state index contributed by atoms with van der Waals surface area (Å²) in [5, 5.41) is 3.26. The standard InChI is InChI=1S/C13H16FNO2/c1-17-13-5-4-9(7-11(13)14)12(16)8-10-3-2-6-15-10/h4-5,7,10,15H,2-3,6,8H2,1H3. The number of rotatable bonds is 4. The molecule has 1 heterocycles. The van der Waals surface area contributed by atoms with Crippen LogP contribution in [0.4, 0.5) is 4.39 Å². The SMILES string of the molecule is COc1ccc(C(=O)CC2CCCN2)cc1F. The molecule has 0 bridgehead atoms. The third-order valence-electron chi connectivity index (χ3n) is 3.07. The molecule has 0 aliphatic carbocycles. The zero-order valence-corrected chi connectivity index (χ0v) is 9.83. The Labute approximate surface area is 100.0 Å². The number of nitrogens with one attached hydrogen (secondary N) is 1. The van der Waals surface area contributed by atoms with Crippen LogP contribution in [0.1, 0.15) is 29.6 Å². The fourth-order valence-corrected chi connectivity index (χ4v) is 2.11. The van der Waals surface area contributed by atoms with Gasteiger partial charge in [0.15, 0.2) is 17.3 Å². The van der Waals surface area contributed by atoms with Crippen LogP contribution in [0, 0.1) is 5.82 Å². The van der Waals surface area contributed by atoms with Gasteiger partial charge in [-0.1, -0.05) is 0 Å². The second kappa shape index (κ2) is 5.27. The Bertz CT molecular complexity index is 414. The molecule has 1 fully saturated rings. The molecule has 1 unspecified atom stereocenters. The monoisotopic (exact) mass is 237 g/mol. The summed E-state index contributed by atoms with van der Waals surface area (Å²) in [6.45, 7) is 0.967. The lowest BCUT2D eigenvalue weighted by atomic mass is 10.0. The number of benzene rings is 1. The quantitative estimate of drug-likeness (QED) is 0.815. The lowest BCUT2D eigenvalue weighted by Crippen LogP contribution is -2.24. The van der Waals surface area contributed by atoms with E-state index in [0.717, 1.165) is 19.4 Å². The van der Waals surface area contributed by atoms with Gasteiger partial charge in [0, 0.05) is 18.0 Å². The fourth-order valence-electron chi connectivity index (χ4n) is 2.11. The summed E-state index contributed by atoms with van der Waals surface area (Å²) in [7, 11) is 1.41. The molecule has 0 spiro atoms. The molecule has 1 saturated heterocycles. The van der Waals surface area contributed by atoms with Crippen molar-refractivity contribution in [3.05, 3.63) is 29.6 Å². The summed E-state index contributed by atoms with van der Waals surface area (Å²) in [5.41, 5.74) is 0.414. The normalized spacial score (nSPS) is 19.3. The van der Waals surface area contributed by atoms with Crippen molar-refractivity contribution in [3.63, 3.8) is 0 Å². The van der Waals surface area contributed by atoms with Crippen LogP contribution in [0.2, 0.25) is 0 Å².